The molecule has 0 amide bonds. The molecule has 1 saturated carbocycles. The zero-order valence-corrected chi connectivity index (χ0v) is 11.2. The van der Waals surface area contributed by atoms with Gasteiger partial charge in [-0.25, -0.2) is 0 Å². The first kappa shape index (κ1) is 13.0. The second kappa shape index (κ2) is 4.45. The summed E-state index contributed by atoms with van der Waals surface area (Å²) in [6.07, 6.45) is 4.78. The first-order valence-corrected chi connectivity index (χ1v) is 6.33. The van der Waals surface area contributed by atoms with Crippen LogP contribution >= 0.6 is 11.6 Å². The van der Waals surface area contributed by atoms with Gasteiger partial charge in [0.15, 0.2) is 5.78 Å². The molecule has 88 valence electrons. The van der Waals surface area contributed by atoms with E-state index in [-0.39, 0.29) is 5.78 Å². The standard InChI is InChI=1S/C13H23ClO/c1-12(2,3)10-6-5-9-13(4,14)11(15)8-7-10/h10H,5-9H2,1-4H3/t10?,13-/m1/s1. The van der Waals surface area contributed by atoms with E-state index in [9.17, 15) is 4.79 Å². The van der Waals surface area contributed by atoms with Crippen LogP contribution in [-0.2, 0) is 4.79 Å². The van der Waals surface area contributed by atoms with E-state index >= 15 is 0 Å². The van der Waals surface area contributed by atoms with Crippen molar-refractivity contribution < 1.29 is 4.79 Å². The Kier molecular flexibility index (Phi) is 3.86. The van der Waals surface area contributed by atoms with Crippen molar-refractivity contribution in [2.24, 2.45) is 11.3 Å². The second-order valence-electron chi connectivity index (χ2n) is 6.11. The first-order chi connectivity index (χ1) is 6.73. The van der Waals surface area contributed by atoms with Crippen LogP contribution in [0.1, 0.15) is 59.8 Å². The number of rotatable bonds is 0. The maximum absolute atomic E-state index is 11.8. The number of hydrogen-bond donors (Lipinski definition) is 0. The largest absolute Gasteiger partial charge is 0.298 e. The molecule has 1 nitrogen and oxygen atoms in total. The maximum atomic E-state index is 11.8. The monoisotopic (exact) mass is 230 g/mol. The van der Waals surface area contributed by atoms with Gasteiger partial charge in [-0.1, -0.05) is 27.2 Å². The lowest BCUT2D eigenvalue weighted by Crippen LogP contribution is -2.33. The van der Waals surface area contributed by atoms with Crippen LogP contribution in [0, 0.1) is 11.3 Å². The molecule has 2 atom stereocenters. The number of carbonyl (C=O) groups is 1. The Morgan fingerprint density at radius 2 is 1.93 bits per heavy atom. The third kappa shape index (κ3) is 3.48. The van der Waals surface area contributed by atoms with Gasteiger partial charge in [0.05, 0.1) is 4.87 Å². The lowest BCUT2D eigenvalue weighted by atomic mass is 9.72. The Morgan fingerprint density at radius 3 is 2.47 bits per heavy atom. The number of Topliss-reactive ketones (excluding diaryl/α,β-unsaturated/α-hetero) is 1. The van der Waals surface area contributed by atoms with Crippen LogP contribution < -0.4 is 0 Å². The lowest BCUT2D eigenvalue weighted by molar-refractivity contribution is -0.122. The molecule has 2 heteroatoms. The van der Waals surface area contributed by atoms with E-state index in [1.165, 1.54) is 6.42 Å². The summed E-state index contributed by atoms with van der Waals surface area (Å²) in [6, 6.07) is 0. The molecular formula is C13H23ClO. The van der Waals surface area contributed by atoms with Crippen molar-refractivity contribution in [3.05, 3.63) is 0 Å². The van der Waals surface area contributed by atoms with E-state index < -0.39 is 4.87 Å². The third-order valence-electron chi connectivity index (χ3n) is 3.72. The predicted octanol–water partition coefficient (Wildman–Crippen LogP) is 4.18. The molecule has 1 aliphatic carbocycles. The minimum absolute atomic E-state index is 0.234. The quantitative estimate of drug-likeness (QED) is 0.571. The van der Waals surface area contributed by atoms with E-state index in [0.717, 1.165) is 19.3 Å². The predicted molar refractivity (Wildman–Crippen MR) is 65.3 cm³/mol. The van der Waals surface area contributed by atoms with Crippen molar-refractivity contribution in [3.63, 3.8) is 0 Å². The van der Waals surface area contributed by atoms with Crippen LogP contribution in [0.25, 0.3) is 0 Å². The van der Waals surface area contributed by atoms with Crippen molar-refractivity contribution >= 4 is 17.4 Å². The lowest BCUT2D eigenvalue weighted by Gasteiger charge is -2.34. The zero-order chi connectivity index (χ0) is 11.7. The Bertz CT molecular complexity index is 237. The van der Waals surface area contributed by atoms with Gasteiger partial charge in [-0.05, 0) is 37.5 Å². The number of alkyl halides is 1. The molecule has 0 aromatic heterocycles. The van der Waals surface area contributed by atoms with Crippen LogP contribution in [0.5, 0.6) is 0 Å². The second-order valence-corrected chi connectivity index (χ2v) is 6.95. The SMILES string of the molecule is CC(C)(C)C1CCC[C@@](C)(Cl)C(=O)CC1. The fourth-order valence-electron chi connectivity index (χ4n) is 2.40. The highest BCUT2D eigenvalue weighted by atomic mass is 35.5. The van der Waals surface area contributed by atoms with Gasteiger partial charge in [-0.3, -0.25) is 4.79 Å². The molecule has 0 radical (unpaired) electrons. The molecule has 0 bridgehead atoms. The van der Waals surface area contributed by atoms with Gasteiger partial charge in [-0.2, -0.15) is 0 Å². The van der Waals surface area contributed by atoms with E-state index in [1.54, 1.807) is 0 Å². The fraction of sp³-hybridized carbons (Fsp3) is 0.923. The summed E-state index contributed by atoms with van der Waals surface area (Å²) in [5, 5.41) is 0. The Hall–Kier alpha value is -0.0400. The average molecular weight is 231 g/mol. The summed E-state index contributed by atoms with van der Waals surface area (Å²) in [6.45, 7) is 8.67. The van der Waals surface area contributed by atoms with Gasteiger partial charge in [0, 0.05) is 6.42 Å². The van der Waals surface area contributed by atoms with E-state index in [0.29, 0.717) is 17.8 Å². The average Bonchev–Trinajstić information content (AvgIpc) is 2.05. The van der Waals surface area contributed by atoms with Gasteiger partial charge in [-0.15, -0.1) is 11.6 Å². The Labute approximate surface area is 98.6 Å². The zero-order valence-electron chi connectivity index (χ0n) is 10.4. The van der Waals surface area contributed by atoms with E-state index in [2.05, 4.69) is 20.8 Å². The summed E-state index contributed by atoms with van der Waals surface area (Å²) in [5.74, 6) is 0.896. The summed E-state index contributed by atoms with van der Waals surface area (Å²) >= 11 is 6.21. The van der Waals surface area contributed by atoms with Crippen LogP contribution in [0.15, 0.2) is 0 Å². The molecule has 0 saturated heterocycles. The van der Waals surface area contributed by atoms with E-state index in [1.807, 2.05) is 6.92 Å². The number of ketones is 1. The highest BCUT2D eigenvalue weighted by molar-refractivity contribution is 6.34. The molecule has 1 fully saturated rings. The molecule has 0 heterocycles. The summed E-state index contributed by atoms with van der Waals surface area (Å²) < 4.78 is 0. The molecule has 0 spiro atoms. The number of hydrogen-bond acceptors (Lipinski definition) is 1. The molecule has 1 rings (SSSR count). The highest BCUT2D eigenvalue weighted by Gasteiger charge is 2.34. The van der Waals surface area contributed by atoms with Crippen molar-refractivity contribution in [2.75, 3.05) is 0 Å². The van der Waals surface area contributed by atoms with Crippen LogP contribution in [0.3, 0.4) is 0 Å². The smallest absolute Gasteiger partial charge is 0.153 e. The molecule has 0 aliphatic heterocycles. The molecule has 15 heavy (non-hydrogen) atoms. The van der Waals surface area contributed by atoms with Crippen molar-refractivity contribution in [3.8, 4) is 0 Å². The molecule has 1 aliphatic rings. The minimum Gasteiger partial charge on any atom is -0.298 e. The molecule has 1 unspecified atom stereocenters. The van der Waals surface area contributed by atoms with Gasteiger partial charge in [0.25, 0.3) is 0 Å². The topological polar surface area (TPSA) is 17.1 Å². The van der Waals surface area contributed by atoms with Crippen LogP contribution in [-0.4, -0.2) is 10.7 Å². The maximum Gasteiger partial charge on any atom is 0.153 e. The number of halogens is 1. The Morgan fingerprint density at radius 1 is 1.33 bits per heavy atom. The molecular weight excluding hydrogens is 208 g/mol. The summed E-state index contributed by atoms with van der Waals surface area (Å²) in [7, 11) is 0. The minimum atomic E-state index is -0.594. The molecule has 0 aromatic rings. The summed E-state index contributed by atoms with van der Waals surface area (Å²) in [4.78, 5) is 11.2. The fourth-order valence-corrected chi connectivity index (χ4v) is 2.62. The molecule has 0 N–H and O–H groups in total. The normalized spacial score (nSPS) is 34.7. The van der Waals surface area contributed by atoms with Crippen molar-refractivity contribution in [2.45, 2.75) is 64.7 Å². The number of carbonyl (C=O) groups excluding carboxylic acids is 1. The van der Waals surface area contributed by atoms with Crippen LogP contribution in [0.2, 0.25) is 0 Å². The van der Waals surface area contributed by atoms with Crippen LogP contribution in [0.4, 0.5) is 0 Å². The van der Waals surface area contributed by atoms with Gasteiger partial charge >= 0.3 is 0 Å². The highest BCUT2D eigenvalue weighted by Crippen LogP contribution is 2.38. The van der Waals surface area contributed by atoms with Crippen molar-refractivity contribution in [1.29, 1.82) is 0 Å². The molecule has 0 aromatic carbocycles. The van der Waals surface area contributed by atoms with Gasteiger partial charge in [0.2, 0.25) is 0 Å². The van der Waals surface area contributed by atoms with Gasteiger partial charge in [0.1, 0.15) is 0 Å². The Balaban J connectivity index is 2.65. The third-order valence-corrected chi connectivity index (χ3v) is 4.12. The summed E-state index contributed by atoms with van der Waals surface area (Å²) in [5.41, 5.74) is 0.320. The first-order valence-electron chi connectivity index (χ1n) is 5.96. The van der Waals surface area contributed by atoms with Gasteiger partial charge < -0.3 is 0 Å². The van der Waals surface area contributed by atoms with Crippen molar-refractivity contribution in [1.82, 2.24) is 0 Å². The van der Waals surface area contributed by atoms with E-state index in [4.69, 9.17) is 11.6 Å².